The van der Waals surface area contributed by atoms with Crippen LogP contribution in [0.2, 0.25) is 0 Å². The first-order chi connectivity index (χ1) is 15.8. The lowest BCUT2D eigenvalue weighted by Gasteiger charge is -2.37. The molecule has 2 aromatic rings. The summed E-state index contributed by atoms with van der Waals surface area (Å²) in [6.45, 7) is 3.23. The van der Waals surface area contributed by atoms with E-state index in [1.807, 2.05) is 16.3 Å². The maximum atomic E-state index is 13.1. The molecule has 2 aromatic heterocycles. The Morgan fingerprint density at radius 2 is 1.85 bits per heavy atom. The molecular formula is C20H27N7O4S2. The van der Waals surface area contributed by atoms with Crippen molar-refractivity contribution in [2.24, 2.45) is 5.16 Å². The van der Waals surface area contributed by atoms with E-state index >= 15 is 0 Å². The van der Waals surface area contributed by atoms with Gasteiger partial charge in [-0.2, -0.15) is 17.0 Å². The number of piperidine rings is 1. The zero-order valence-corrected chi connectivity index (χ0v) is 20.3. The molecule has 0 aromatic carbocycles. The Labute approximate surface area is 196 Å². The summed E-state index contributed by atoms with van der Waals surface area (Å²) >= 11 is 1.59. The van der Waals surface area contributed by atoms with Gasteiger partial charge in [-0.3, -0.25) is 4.79 Å². The van der Waals surface area contributed by atoms with Crippen molar-refractivity contribution in [3.63, 3.8) is 0 Å². The van der Waals surface area contributed by atoms with Crippen molar-refractivity contribution < 1.29 is 18.0 Å². The van der Waals surface area contributed by atoms with Crippen molar-refractivity contribution >= 4 is 49.2 Å². The number of oxime groups is 1. The van der Waals surface area contributed by atoms with Crippen molar-refractivity contribution in [2.75, 3.05) is 58.3 Å². The van der Waals surface area contributed by atoms with Gasteiger partial charge >= 0.3 is 0 Å². The minimum atomic E-state index is -3.45. The van der Waals surface area contributed by atoms with Crippen molar-refractivity contribution in [2.45, 2.75) is 24.9 Å². The molecule has 33 heavy (non-hydrogen) atoms. The van der Waals surface area contributed by atoms with Crippen molar-refractivity contribution in [3.05, 3.63) is 17.8 Å². The van der Waals surface area contributed by atoms with E-state index in [9.17, 15) is 13.2 Å². The summed E-state index contributed by atoms with van der Waals surface area (Å²) < 4.78 is 27.4. The molecule has 3 aliphatic heterocycles. The number of anilines is 1. The summed E-state index contributed by atoms with van der Waals surface area (Å²) in [5, 5.41) is 7.19. The first-order valence-corrected chi connectivity index (χ1v) is 13.2. The van der Waals surface area contributed by atoms with Crippen LogP contribution in [0.1, 0.15) is 19.3 Å². The van der Waals surface area contributed by atoms with Crippen LogP contribution < -0.4 is 4.90 Å². The van der Waals surface area contributed by atoms with Gasteiger partial charge in [-0.15, -0.1) is 11.3 Å². The Bertz CT molecular complexity index is 1180. The summed E-state index contributed by atoms with van der Waals surface area (Å²) in [7, 11) is -0.392. The number of fused-ring (bicyclic) bond motifs is 1. The molecule has 0 aliphatic carbocycles. The van der Waals surface area contributed by atoms with Crippen molar-refractivity contribution in [1.29, 1.82) is 0 Å². The number of hydrogen-bond acceptors (Lipinski definition) is 9. The molecule has 0 N–H and O–H groups in total. The third kappa shape index (κ3) is 4.07. The topological polar surface area (TPSA) is 112 Å². The Morgan fingerprint density at radius 3 is 2.55 bits per heavy atom. The molecule has 0 radical (unpaired) electrons. The van der Waals surface area contributed by atoms with E-state index in [0.29, 0.717) is 64.2 Å². The van der Waals surface area contributed by atoms with Gasteiger partial charge in [0.05, 0.1) is 5.39 Å². The molecule has 1 spiro atoms. The highest BCUT2D eigenvalue weighted by Crippen LogP contribution is 2.36. The van der Waals surface area contributed by atoms with Gasteiger partial charge in [0.15, 0.2) is 0 Å². The van der Waals surface area contributed by atoms with Crippen LogP contribution >= 0.6 is 11.3 Å². The minimum absolute atomic E-state index is 0.0989. The second-order valence-electron chi connectivity index (χ2n) is 8.79. The SMILES string of the molecule is CN(C)S(=O)(=O)N1CCC2(CC1)CC(C(=O)N1CCN(c3ncnc4sccc34)CC1)=NO2. The molecule has 5 rings (SSSR count). The summed E-state index contributed by atoms with van der Waals surface area (Å²) in [6.07, 6.45) is 3.03. The number of carbonyl (C=O) groups is 1. The molecule has 5 heterocycles. The van der Waals surface area contributed by atoms with Crippen LogP contribution in [-0.2, 0) is 19.8 Å². The Kier molecular flexibility index (Phi) is 5.75. The van der Waals surface area contributed by atoms with Gasteiger partial charge in [-0.05, 0) is 11.4 Å². The zero-order chi connectivity index (χ0) is 23.2. The highest BCUT2D eigenvalue weighted by Gasteiger charge is 2.46. The number of piperazine rings is 1. The molecule has 0 unspecified atom stereocenters. The third-order valence-electron chi connectivity index (χ3n) is 6.61. The van der Waals surface area contributed by atoms with E-state index in [2.05, 4.69) is 20.0 Å². The standard InChI is InChI=1S/C20H27N7O4S2/c1-24(2)33(29,30)27-6-4-20(5-7-27)13-16(23-31-20)19(28)26-10-8-25(9-11-26)17-15-3-12-32-18(15)22-14-21-17/h3,12,14H,4-11,13H2,1-2H3. The molecule has 3 aliphatic rings. The fraction of sp³-hybridized carbons (Fsp3) is 0.600. The van der Waals surface area contributed by atoms with Crippen molar-refractivity contribution in [1.82, 2.24) is 23.5 Å². The summed E-state index contributed by atoms with van der Waals surface area (Å²) in [6, 6.07) is 2.03. The zero-order valence-electron chi connectivity index (χ0n) is 18.7. The van der Waals surface area contributed by atoms with Gasteiger partial charge in [-0.1, -0.05) is 5.16 Å². The maximum absolute atomic E-state index is 13.1. The van der Waals surface area contributed by atoms with Gasteiger partial charge in [0.25, 0.3) is 16.1 Å². The number of aromatic nitrogens is 2. The Morgan fingerprint density at radius 1 is 1.12 bits per heavy atom. The second-order valence-corrected chi connectivity index (χ2v) is 11.8. The lowest BCUT2D eigenvalue weighted by molar-refractivity contribution is -0.124. The van der Waals surface area contributed by atoms with E-state index < -0.39 is 15.8 Å². The van der Waals surface area contributed by atoms with Crippen LogP contribution in [0.3, 0.4) is 0 Å². The van der Waals surface area contributed by atoms with Crippen LogP contribution in [0.5, 0.6) is 0 Å². The van der Waals surface area contributed by atoms with E-state index in [-0.39, 0.29) is 5.91 Å². The molecule has 2 saturated heterocycles. The van der Waals surface area contributed by atoms with Crippen LogP contribution in [-0.4, -0.2) is 102 Å². The van der Waals surface area contributed by atoms with Gasteiger partial charge in [-0.25, -0.2) is 9.97 Å². The first-order valence-electron chi connectivity index (χ1n) is 10.9. The fourth-order valence-electron chi connectivity index (χ4n) is 4.59. The summed E-state index contributed by atoms with van der Waals surface area (Å²) in [5.41, 5.74) is -0.161. The largest absolute Gasteiger partial charge is 0.388 e. The predicted octanol–water partition coefficient (Wildman–Crippen LogP) is 0.757. The van der Waals surface area contributed by atoms with Crippen LogP contribution in [0.15, 0.2) is 22.9 Å². The van der Waals surface area contributed by atoms with Gasteiger partial charge in [0.2, 0.25) is 0 Å². The fourth-order valence-corrected chi connectivity index (χ4v) is 6.43. The van der Waals surface area contributed by atoms with Gasteiger partial charge in [0, 0.05) is 72.6 Å². The highest BCUT2D eigenvalue weighted by atomic mass is 32.2. The number of nitrogens with zero attached hydrogens (tertiary/aromatic N) is 7. The smallest absolute Gasteiger partial charge is 0.281 e. The summed E-state index contributed by atoms with van der Waals surface area (Å²) in [4.78, 5) is 32.6. The molecule has 13 heteroatoms. The third-order valence-corrected chi connectivity index (χ3v) is 9.38. The molecule has 2 fully saturated rings. The molecule has 11 nitrogen and oxygen atoms in total. The molecule has 0 atom stereocenters. The molecule has 1 amide bonds. The lowest BCUT2D eigenvalue weighted by atomic mass is 9.87. The van der Waals surface area contributed by atoms with Gasteiger partial charge in [0.1, 0.15) is 28.3 Å². The van der Waals surface area contributed by atoms with Crippen LogP contribution in [0.25, 0.3) is 10.2 Å². The van der Waals surface area contributed by atoms with E-state index in [0.717, 1.165) is 16.0 Å². The molecule has 0 bridgehead atoms. The second kappa shape index (κ2) is 8.46. The molecule has 178 valence electrons. The Hall–Kier alpha value is -2.35. The number of carbonyl (C=O) groups excluding carboxylic acids is 1. The van der Waals surface area contributed by atoms with E-state index in [1.54, 1.807) is 17.7 Å². The number of amides is 1. The molecular weight excluding hydrogens is 466 g/mol. The first kappa shape index (κ1) is 22.4. The van der Waals surface area contributed by atoms with E-state index in [1.165, 1.54) is 22.7 Å². The normalized spacial score (nSPS) is 21.6. The minimum Gasteiger partial charge on any atom is -0.388 e. The van der Waals surface area contributed by atoms with Crippen LogP contribution in [0, 0.1) is 0 Å². The number of hydrogen-bond donors (Lipinski definition) is 0. The monoisotopic (exact) mass is 493 g/mol. The number of rotatable bonds is 4. The van der Waals surface area contributed by atoms with Crippen LogP contribution in [0.4, 0.5) is 5.82 Å². The highest BCUT2D eigenvalue weighted by molar-refractivity contribution is 7.86. The molecule has 0 saturated carbocycles. The lowest BCUT2D eigenvalue weighted by Crippen LogP contribution is -2.52. The summed E-state index contributed by atoms with van der Waals surface area (Å²) in [5.74, 6) is 0.812. The average molecular weight is 494 g/mol. The van der Waals surface area contributed by atoms with Gasteiger partial charge < -0.3 is 14.6 Å². The number of thiophene rings is 1. The quantitative estimate of drug-likeness (QED) is 0.618. The van der Waals surface area contributed by atoms with Crippen molar-refractivity contribution in [3.8, 4) is 0 Å². The van der Waals surface area contributed by atoms with E-state index in [4.69, 9.17) is 4.84 Å². The average Bonchev–Trinajstić information content (AvgIpc) is 3.46. The predicted molar refractivity (Wildman–Crippen MR) is 125 cm³/mol. The Balaban J connectivity index is 1.17. The maximum Gasteiger partial charge on any atom is 0.281 e.